The van der Waals surface area contributed by atoms with Crippen LogP contribution in [0.4, 0.5) is 0 Å². The topological polar surface area (TPSA) is 25.8 Å². The Kier molecular flexibility index (Phi) is 2.73. The summed E-state index contributed by atoms with van der Waals surface area (Å²) in [5, 5.41) is 2.71. The Morgan fingerprint density at radius 1 is 0.944 bits per heavy atom. The Morgan fingerprint density at radius 2 is 1.72 bits per heavy atom. The van der Waals surface area contributed by atoms with E-state index in [1.165, 1.54) is 16.3 Å². The number of benzene rings is 2. The third-order valence-electron chi connectivity index (χ3n) is 2.92. The lowest BCUT2D eigenvalue weighted by atomic mass is 10.0. The molecule has 18 heavy (non-hydrogen) atoms. The van der Waals surface area contributed by atoms with Crippen LogP contribution in [0.5, 0.6) is 0 Å². The fourth-order valence-corrected chi connectivity index (χ4v) is 2.17. The van der Waals surface area contributed by atoms with Crippen molar-refractivity contribution in [2.24, 2.45) is 0 Å². The summed E-state index contributed by atoms with van der Waals surface area (Å²) in [7, 11) is 0. The molecule has 0 atom stereocenters. The van der Waals surface area contributed by atoms with Gasteiger partial charge in [-0.1, -0.05) is 35.9 Å². The molecule has 0 spiro atoms. The van der Waals surface area contributed by atoms with Crippen molar-refractivity contribution in [3.05, 3.63) is 59.5 Å². The molecular formula is C15H11ClN2. The fourth-order valence-electron chi connectivity index (χ4n) is 2.02. The van der Waals surface area contributed by atoms with E-state index in [1.54, 1.807) is 6.20 Å². The second-order valence-electron chi connectivity index (χ2n) is 4.28. The van der Waals surface area contributed by atoms with E-state index in [0.717, 1.165) is 11.3 Å². The summed E-state index contributed by atoms with van der Waals surface area (Å²) in [6.07, 6.45) is 1.67. The molecule has 0 unspecified atom stereocenters. The van der Waals surface area contributed by atoms with Crippen molar-refractivity contribution in [2.45, 2.75) is 6.92 Å². The Morgan fingerprint density at radius 3 is 2.56 bits per heavy atom. The first-order valence-electron chi connectivity index (χ1n) is 5.72. The smallest absolute Gasteiger partial charge is 0.222 e. The summed E-state index contributed by atoms with van der Waals surface area (Å²) in [6.45, 7) is 2.09. The summed E-state index contributed by atoms with van der Waals surface area (Å²) in [6, 6.07) is 14.5. The molecule has 0 aliphatic carbocycles. The van der Waals surface area contributed by atoms with Gasteiger partial charge in [0.1, 0.15) is 0 Å². The van der Waals surface area contributed by atoms with E-state index in [2.05, 4.69) is 53.3 Å². The SMILES string of the molecule is Cc1ccc2cc(-c3ccnc(Cl)n3)ccc2c1. The molecule has 0 aliphatic rings. The van der Waals surface area contributed by atoms with Crippen molar-refractivity contribution >= 4 is 22.4 Å². The molecule has 0 bridgehead atoms. The molecule has 3 rings (SSSR count). The Hall–Kier alpha value is -1.93. The normalized spacial score (nSPS) is 10.8. The second kappa shape index (κ2) is 4.39. The van der Waals surface area contributed by atoms with Crippen LogP contribution in [0, 0.1) is 6.92 Å². The zero-order chi connectivity index (χ0) is 12.5. The lowest BCUT2D eigenvalue weighted by molar-refractivity contribution is 1.17. The summed E-state index contributed by atoms with van der Waals surface area (Å²) in [5.74, 6) is 0. The van der Waals surface area contributed by atoms with Gasteiger partial charge >= 0.3 is 0 Å². The maximum absolute atomic E-state index is 5.81. The van der Waals surface area contributed by atoms with Crippen LogP contribution in [-0.4, -0.2) is 9.97 Å². The molecule has 0 saturated carbocycles. The molecule has 0 fully saturated rings. The van der Waals surface area contributed by atoms with E-state index in [4.69, 9.17) is 11.6 Å². The molecule has 0 saturated heterocycles. The summed E-state index contributed by atoms with van der Waals surface area (Å²) < 4.78 is 0. The Labute approximate surface area is 110 Å². The van der Waals surface area contributed by atoms with Crippen LogP contribution in [0.15, 0.2) is 48.7 Å². The lowest BCUT2D eigenvalue weighted by Gasteiger charge is -2.04. The third-order valence-corrected chi connectivity index (χ3v) is 3.10. The molecule has 3 aromatic rings. The standard InChI is InChI=1S/C15H11ClN2/c1-10-2-3-12-9-13(5-4-11(12)8-10)14-6-7-17-15(16)18-14/h2-9H,1H3. The zero-order valence-corrected chi connectivity index (χ0v) is 10.6. The third kappa shape index (κ3) is 2.07. The predicted molar refractivity (Wildman–Crippen MR) is 74.7 cm³/mol. The van der Waals surface area contributed by atoms with Gasteiger partial charge in [-0.15, -0.1) is 0 Å². The predicted octanol–water partition coefficient (Wildman–Crippen LogP) is 4.26. The number of aromatic nitrogens is 2. The van der Waals surface area contributed by atoms with E-state index in [1.807, 2.05) is 6.07 Å². The molecular weight excluding hydrogens is 244 g/mol. The molecule has 0 N–H and O–H groups in total. The fraction of sp³-hybridized carbons (Fsp3) is 0.0667. The maximum Gasteiger partial charge on any atom is 0.222 e. The Balaban J connectivity index is 2.16. The number of fused-ring (bicyclic) bond motifs is 1. The minimum absolute atomic E-state index is 0.275. The van der Waals surface area contributed by atoms with Gasteiger partial charge in [0.25, 0.3) is 0 Å². The van der Waals surface area contributed by atoms with Crippen LogP contribution < -0.4 is 0 Å². The molecule has 1 heterocycles. The number of hydrogen-bond acceptors (Lipinski definition) is 2. The quantitative estimate of drug-likeness (QED) is 0.607. The van der Waals surface area contributed by atoms with E-state index < -0.39 is 0 Å². The van der Waals surface area contributed by atoms with Crippen molar-refractivity contribution in [2.75, 3.05) is 0 Å². The largest absolute Gasteiger partial charge is 0.226 e. The highest BCUT2D eigenvalue weighted by molar-refractivity contribution is 6.28. The molecule has 1 aromatic heterocycles. The summed E-state index contributed by atoms with van der Waals surface area (Å²) in [4.78, 5) is 8.12. The second-order valence-corrected chi connectivity index (χ2v) is 4.61. The van der Waals surface area contributed by atoms with Crippen molar-refractivity contribution in [1.29, 1.82) is 0 Å². The summed E-state index contributed by atoms with van der Waals surface area (Å²) >= 11 is 5.81. The van der Waals surface area contributed by atoms with Gasteiger partial charge in [-0.2, -0.15) is 0 Å². The van der Waals surface area contributed by atoms with E-state index in [9.17, 15) is 0 Å². The van der Waals surface area contributed by atoms with Crippen molar-refractivity contribution in [3.63, 3.8) is 0 Å². The first kappa shape index (κ1) is 11.2. The van der Waals surface area contributed by atoms with Crippen LogP contribution in [0.2, 0.25) is 5.28 Å². The van der Waals surface area contributed by atoms with Gasteiger partial charge in [0, 0.05) is 11.8 Å². The van der Waals surface area contributed by atoms with Crippen LogP contribution in [0.25, 0.3) is 22.0 Å². The minimum Gasteiger partial charge on any atom is -0.226 e. The highest BCUT2D eigenvalue weighted by Gasteiger charge is 2.02. The zero-order valence-electron chi connectivity index (χ0n) is 9.89. The molecule has 0 amide bonds. The molecule has 0 aliphatic heterocycles. The monoisotopic (exact) mass is 254 g/mol. The first-order chi connectivity index (χ1) is 8.72. The number of aryl methyl sites for hydroxylation is 1. The average Bonchev–Trinajstić information content (AvgIpc) is 2.38. The van der Waals surface area contributed by atoms with E-state index in [0.29, 0.717) is 0 Å². The van der Waals surface area contributed by atoms with Gasteiger partial charge < -0.3 is 0 Å². The molecule has 0 radical (unpaired) electrons. The van der Waals surface area contributed by atoms with Gasteiger partial charge in [-0.25, -0.2) is 9.97 Å². The lowest BCUT2D eigenvalue weighted by Crippen LogP contribution is -1.86. The van der Waals surface area contributed by atoms with Crippen LogP contribution >= 0.6 is 11.6 Å². The van der Waals surface area contributed by atoms with Gasteiger partial charge in [0.2, 0.25) is 5.28 Å². The number of halogens is 1. The van der Waals surface area contributed by atoms with E-state index >= 15 is 0 Å². The van der Waals surface area contributed by atoms with Crippen molar-refractivity contribution in [1.82, 2.24) is 9.97 Å². The maximum atomic E-state index is 5.81. The molecule has 88 valence electrons. The number of nitrogens with zero attached hydrogens (tertiary/aromatic N) is 2. The molecule has 2 aromatic carbocycles. The van der Waals surface area contributed by atoms with Crippen LogP contribution in [-0.2, 0) is 0 Å². The first-order valence-corrected chi connectivity index (χ1v) is 6.09. The molecule has 2 nitrogen and oxygen atoms in total. The van der Waals surface area contributed by atoms with Gasteiger partial charge in [-0.05, 0) is 41.4 Å². The molecule has 3 heteroatoms. The van der Waals surface area contributed by atoms with Gasteiger partial charge in [0.15, 0.2) is 0 Å². The number of hydrogen-bond donors (Lipinski definition) is 0. The van der Waals surface area contributed by atoms with Crippen LogP contribution in [0.3, 0.4) is 0 Å². The van der Waals surface area contributed by atoms with Gasteiger partial charge in [-0.3, -0.25) is 0 Å². The minimum atomic E-state index is 0.275. The summed E-state index contributed by atoms with van der Waals surface area (Å²) in [5.41, 5.74) is 3.16. The number of rotatable bonds is 1. The highest BCUT2D eigenvalue weighted by atomic mass is 35.5. The van der Waals surface area contributed by atoms with Crippen molar-refractivity contribution in [3.8, 4) is 11.3 Å². The van der Waals surface area contributed by atoms with Crippen molar-refractivity contribution < 1.29 is 0 Å². The Bertz CT molecular complexity index is 723. The van der Waals surface area contributed by atoms with E-state index in [-0.39, 0.29) is 5.28 Å². The average molecular weight is 255 g/mol. The van der Waals surface area contributed by atoms with Gasteiger partial charge in [0.05, 0.1) is 5.69 Å². The highest BCUT2D eigenvalue weighted by Crippen LogP contribution is 2.24. The van der Waals surface area contributed by atoms with Crippen LogP contribution in [0.1, 0.15) is 5.56 Å².